The van der Waals surface area contributed by atoms with Crippen molar-refractivity contribution in [2.75, 3.05) is 5.73 Å². The summed E-state index contributed by atoms with van der Waals surface area (Å²) in [6.45, 7) is 0. The molecule has 0 aliphatic heterocycles. The maximum atomic E-state index is 12.1. The molecule has 1 heterocycles. The molecule has 0 aliphatic rings. The van der Waals surface area contributed by atoms with Crippen molar-refractivity contribution >= 4 is 17.3 Å². The third-order valence-electron chi connectivity index (χ3n) is 3.09. The molecule has 0 saturated heterocycles. The molecule has 0 atom stereocenters. The van der Waals surface area contributed by atoms with E-state index in [2.05, 4.69) is 14.8 Å². The van der Waals surface area contributed by atoms with E-state index in [1.54, 1.807) is 18.2 Å². The Hall–Kier alpha value is -2.74. The third kappa shape index (κ3) is 3.60. The van der Waals surface area contributed by atoms with Crippen LogP contribution in [0.3, 0.4) is 0 Å². The van der Waals surface area contributed by atoms with Crippen molar-refractivity contribution in [3.8, 4) is 22.8 Å². The van der Waals surface area contributed by atoms with E-state index in [0.29, 0.717) is 27.8 Å². The molecule has 0 spiro atoms. The first kappa shape index (κ1) is 16.1. The topological polar surface area (TPSA) is 66.0 Å². The van der Waals surface area contributed by atoms with E-state index in [4.69, 9.17) is 17.3 Å². The van der Waals surface area contributed by atoms with Gasteiger partial charge in [0.2, 0.25) is 0 Å². The quantitative estimate of drug-likeness (QED) is 0.720. The zero-order valence-electron chi connectivity index (χ0n) is 12.0. The smallest absolute Gasteiger partial charge is 0.406 e. The standard InChI is InChI=1S/C15H10ClF3N4O/c16-12-7-10(3-6-13(12)20)23-8-21-14(22-23)9-1-4-11(5-2-9)24-15(17,18)19/h1-8H,20H2. The summed E-state index contributed by atoms with van der Waals surface area (Å²) in [6, 6.07) is 10.3. The number of anilines is 1. The highest BCUT2D eigenvalue weighted by Crippen LogP contribution is 2.26. The highest BCUT2D eigenvalue weighted by molar-refractivity contribution is 6.33. The predicted molar refractivity (Wildman–Crippen MR) is 82.9 cm³/mol. The van der Waals surface area contributed by atoms with Crippen molar-refractivity contribution in [3.05, 3.63) is 53.8 Å². The fourth-order valence-corrected chi connectivity index (χ4v) is 2.16. The maximum Gasteiger partial charge on any atom is 0.573 e. The molecule has 2 N–H and O–H groups in total. The lowest BCUT2D eigenvalue weighted by Crippen LogP contribution is -2.16. The van der Waals surface area contributed by atoms with Gasteiger partial charge in [0.15, 0.2) is 5.82 Å². The van der Waals surface area contributed by atoms with Crippen molar-refractivity contribution in [3.63, 3.8) is 0 Å². The Morgan fingerprint density at radius 2 is 1.79 bits per heavy atom. The molecule has 3 aromatic rings. The number of nitrogen functional groups attached to an aromatic ring is 1. The number of nitrogens with two attached hydrogens (primary N) is 1. The van der Waals surface area contributed by atoms with Gasteiger partial charge in [0, 0.05) is 5.56 Å². The number of hydrogen-bond donors (Lipinski definition) is 1. The fraction of sp³-hybridized carbons (Fsp3) is 0.0667. The first-order chi connectivity index (χ1) is 11.3. The highest BCUT2D eigenvalue weighted by Gasteiger charge is 2.31. The predicted octanol–water partition coefficient (Wildman–Crippen LogP) is 4.07. The first-order valence-electron chi connectivity index (χ1n) is 6.65. The molecule has 1 aromatic heterocycles. The van der Waals surface area contributed by atoms with E-state index in [0.717, 1.165) is 0 Å². The van der Waals surface area contributed by atoms with E-state index in [1.165, 1.54) is 35.3 Å². The minimum Gasteiger partial charge on any atom is -0.406 e. The number of benzene rings is 2. The van der Waals surface area contributed by atoms with Crippen LogP contribution in [0.5, 0.6) is 5.75 Å². The third-order valence-corrected chi connectivity index (χ3v) is 3.41. The average Bonchev–Trinajstić information content (AvgIpc) is 2.99. The van der Waals surface area contributed by atoms with Gasteiger partial charge in [0.05, 0.1) is 16.4 Å². The molecule has 0 aliphatic carbocycles. The zero-order valence-corrected chi connectivity index (χ0v) is 12.7. The van der Waals surface area contributed by atoms with E-state index in [-0.39, 0.29) is 5.75 Å². The Balaban J connectivity index is 1.84. The molecule has 124 valence electrons. The number of alkyl halides is 3. The number of halogens is 4. The largest absolute Gasteiger partial charge is 0.573 e. The minimum atomic E-state index is -4.73. The number of nitrogens with zero attached hydrogens (tertiary/aromatic N) is 3. The van der Waals surface area contributed by atoms with Gasteiger partial charge in [-0.15, -0.1) is 18.3 Å². The Kier molecular flexibility index (Phi) is 4.06. The van der Waals surface area contributed by atoms with Gasteiger partial charge in [-0.25, -0.2) is 9.67 Å². The molecule has 0 saturated carbocycles. The van der Waals surface area contributed by atoms with Crippen LogP contribution in [0.15, 0.2) is 48.8 Å². The Morgan fingerprint density at radius 3 is 2.42 bits per heavy atom. The number of aromatic nitrogens is 3. The second-order valence-corrected chi connectivity index (χ2v) is 5.20. The van der Waals surface area contributed by atoms with Crippen molar-refractivity contribution in [2.24, 2.45) is 0 Å². The Bertz CT molecular complexity index is 862. The summed E-state index contributed by atoms with van der Waals surface area (Å²) in [5, 5.41) is 4.66. The van der Waals surface area contributed by atoms with Gasteiger partial charge in [-0.3, -0.25) is 0 Å². The van der Waals surface area contributed by atoms with Gasteiger partial charge in [-0.1, -0.05) is 11.6 Å². The summed E-state index contributed by atoms with van der Waals surface area (Å²) >= 11 is 5.97. The van der Waals surface area contributed by atoms with Gasteiger partial charge in [-0.05, 0) is 42.5 Å². The van der Waals surface area contributed by atoms with Crippen LogP contribution in [0.25, 0.3) is 17.1 Å². The average molecular weight is 355 g/mol. The molecule has 0 fully saturated rings. The molecule has 0 bridgehead atoms. The van der Waals surface area contributed by atoms with Crippen LogP contribution in [-0.2, 0) is 0 Å². The molecular weight excluding hydrogens is 345 g/mol. The summed E-state index contributed by atoms with van der Waals surface area (Å²) in [6.07, 6.45) is -3.26. The Labute approximate surface area is 139 Å². The maximum absolute atomic E-state index is 12.1. The SMILES string of the molecule is Nc1ccc(-n2cnc(-c3ccc(OC(F)(F)F)cc3)n2)cc1Cl. The van der Waals surface area contributed by atoms with Gasteiger partial charge in [0.1, 0.15) is 12.1 Å². The second kappa shape index (κ2) is 6.04. The van der Waals surface area contributed by atoms with E-state index in [1.807, 2.05) is 0 Å². The van der Waals surface area contributed by atoms with E-state index in [9.17, 15) is 13.2 Å². The molecular formula is C15H10ClF3N4O. The summed E-state index contributed by atoms with van der Waals surface area (Å²) in [5.74, 6) is 0.0394. The van der Waals surface area contributed by atoms with Gasteiger partial charge >= 0.3 is 6.36 Å². The molecule has 9 heteroatoms. The van der Waals surface area contributed by atoms with Crippen LogP contribution >= 0.6 is 11.6 Å². The lowest BCUT2D eigenvalue weighted by molar-refractivity contribution is -0.274. The zero-order chi connectivity index (χ0) is 17.3. The molecule has 5 nitrogen and oxygen atoms in total. The fourth-order valence-electron chi connectivity index (χ4n) is 1.98. The van der Waals surface area contributed by atoms with Gasteiger partial charge in [0.25, 0.3) is 0 Å². The van der Waals surface area contributed by atoms with Crippen molar-refractivity contribution in [2.45, 2.75) is 6.36 Å². The monoisotopic (exact) mass is 354 g/mol. The van der Waals surface area contributed by atoms with Crippen LogP contribution < -0.4 is 10.5 Å². The lowest BCUT2D eigenvalue weighted by atomic mass is 10.2. The van der Waals surface area contributed by atoms with Crippen LogP contribution in [0.1, 0.15) is 0 Å². The van der Waals surface area contributed by atoms with Crippen LogP contribution in [0.2, 0.25) is 5.02 Å². The van der Waals surface area contributed by atoms with Crippen molar-refractivity contribution < 1.29 is 17.9 Å². The number of ether oxygens (including phenoxy) is 1. The molecule has 24 heavy (non-hydrogen) atoms. The normalized spacial score (nSPS) is 11.5. The van der Waals surface area contributed by atoms with Crippen molar-refractivity contribution in [1.82, 2.24) is 14.8 Å². The highest BCUT2D eigenvalue weighted by atomic mass is 35.5. The van der Waals surface area contributed by atoms with E-state index >= 15 is 0 Å². The van der Waals surface area contributed by atoms with Gasteiger partial charge < -0.3 is 10.5 Å². The van der Waals surface area contributed by atoms with Crippen molar-refractivity contribution in [1.29, 1.82) is 0 Å². The Morgan fingerprint density at radius 1 is 1.08 bits per heavy atom. The molecule has 3 rings (SSSR count). The summed E-state index contributed by atoms with van der Waals surface area (Å²) in [4.78, 5) is 4.13. The minimum absolute atomic E-state index is 0.309. The van der Waals surface area contributed by atoms with Crippen LogP contribution in [-0.4, -0.2) is 21.1 Å². The summed E-state index contributed by atoms with van der Waals surface area (Å²) in [7, 11) is 0. The van der Waals surface area contributed by atoms with Crippen LogP contribution in [0, 0.1) is 0 Å². The number of hydrogen-bond acceptors (Lipinski definition) is 4. The second-order valence-electron chi connectivity index (χ2n) is 4.79. The van der Waals surface area contributed by atoms with Gasteiger partial charge in [-0.2, -0.15) is 0 Å². The first-order valence-corrected chi connectivity index (χ1v) is 7.03. The molecule has 0 radical (unpaired) electrons. The lowest BCUT2D eigenvalue weighted by Gasteiger charge is -2.08. The molecule has 0 amide bonds. The van der Waals surface area contributed by atoms with E-state index < -0.39 is 6.36 Å². The molecule has 2 aromatic carbocycles. The molecule has 0 unspecified atom stereocenters. The summed E-state index contributed by atoms with van der Waals surface area (Å²) in [5.41, 5.74) is 7.30. The number of rotatable bonds is 3. The van der Waals surface area contributed by atoms with Crippen LogP contribution in [0.4, 0.5) is 18.9 Å². The summed E-state index contributed by atoms with van der Waals surface area (Å²) < 4.78 is 41.7.